The van der Waals surface area contributed by atoms with Gasteiger partial charge in [-0.05, 0) is 60.5 Å². The van der Waals surface area contributed by atoms with Crippen molar-refractivity contribution in [1.82, 2.24) is 9.97 Å². The number of aryl methyl sites for hydroxylation is 1. The summed E-state index contributed by atoms with van der Waals surface area (Å²) in [5.41, 5.74) is 1.25. The Kier molecular flexibility index (Phi) is 7.82. The lowest BCUT2D eigenvalue weighted by Crippen LogP contribution is -2.32. The van der Waals surface area contributed by atoms with Crippen LogP contribution in [0.25, 0.3) is 0 Å². The molecule has 1 aromatic heterocycles. The summed E-state index contributed by atoms with van der Waals surface area (Å²) in [4.78, 5) is 35.4. The van der Waals surface area contributed by atoms with Crippen molar-refractivity contribution in [2.75, 3.05) is 34.7 Å². The zero-order valence-electron chi connectivity index (χ0n) is 22.5. The van der Waals surface area contributed by atoms with Crippen LogP contribution in [-0.4, -0.2) is 35.7 Å². The van der Waals surface area contributed by atoms with Crippen molar-refractivity contribution in [2.45, 2.75) is 19.6 Å². The van der Waals surface area contributed by atoms with E-state index in [1.54, 1.807) is 25.1 Å². The van der Waals surface area contributed by atoms with Crippen LogP contribution in [0.1, 0.15) is 27.0 Å². The van der Waals surface area contributed by atoms with E-state index < -0.39 is 23.7 Å². The quantitative estimate of drug-likeness (QED) is 0.244. The highest BCUT2D eigenvalue weighted by molar-refractivity contribution is 6.05. The summed E-state index contributed by atoms with van der Waals surface area (Å²) in [6, 6.07) is 15.6. The molecule has 10 nitrogen and oxygen atoms in total. The van der Waals surface area contributed by atoms with Gasteiger partial charge in [-0.1, -0.05) is 18.2 Å². The van der Waals surface area contributed by atoms with Crippen molar-refractivity contribution >= 4 is 34.9 Å². The minimum atomic E-state index is -4.57. The van der Waals surface area contributed by atoms with Gasteiger partial charge in [-0.15, -0.1) is 0 Å². The van der Waals surface area contributed by atoms with E-state index in [4.69, 9.17) is 9.47 Å². The molecule has 0 radical (unpaired) electrons. The van der Waals surface area contributed by atoms with Crippen molar-refractivity contribution in [1.29, 1.82) is 0 Å². The number of amides is 3. The van der Waals surface area contributed by atoms with Crippen LogP contribution in [0.5, 0.6) is 11.5 Å². The van der Waals surface area contributed by atoms with Crippen LogP contribution in [0, 0.1) is 6.92 Å². The molecule has 0 spiro atoms. The fraction of sp³-hybridized carbons (Fsp3) is 0.172. The van der Waals surface area contributed by atoms with Crippen LogP contribution >= 0.6 is 0 Å². The Morgan fingerprint density at radius 1 is 0.952 bits per heavy atom. The number of anilines is 4. The number of fused-ring (bicyclic) bond motifs is 1. The highest BCUT2D eigenvalue weighted by atomic mass is 19.4. The van der Waals surface area contributed by atoms with Crippen LogP contribution < -0.4 is 30.3 Å². The number of urea groups is 1. The number of alkyl halides is 3. The average Bonchev–Trinajstić information content (AvgIpc) is 3.45. The minimum absolute atomic E-state index is 0.151. The van der Waals surface area contributed by atoms with Gasteiger partial charge in [-0.3, -0.25) is 9.69 Å². The summed E-state index contributed by atoms with van der Waals surface area (Å²) in [5, 5.41) is 8.53. The number of halogens is 3. The number of carbonyl (C=O) groups is 2. The van der Waals surface area contributed by atoms with Gasteiger partial charge < -0.3 is 25.4 Å². The van der Waals surface area contributed by atoms with E-state index in [1.807, 2.05) is 18.2 Å². The topological polar surface area (TPSA) is 118 Å². The Bertz CT molecular complexity index is 1650. The van der Waals surface area contributed by atoms with E-state index in [1.165, 1.54) is 36.5 Å². The van der Waals surface area contributed by atoms with Crippen molar-refractivity contribution in [3.05, 3.63) is 95.3 Å². The van der Waals surface area contributed by atoms with Crippen LogP contribution in [-0.2, 0) is 12.7 Å². The molecule has 0 saturated heterocycles. The maximum atomic E-state index is 13.1. The minimum Gasteiger partial charge on any atom is -0.454 e. The first kappa shape index (κ1) is 28.2. The van der Waals surface area contributed by atoms with Gasteiger partial charge in [-0.25, -0.2) is 14.8 Å². The predicted octanol–water partition coefficient (Wildman–Crippen LogP) is 6.07. The van der Waals surface area contributed by atoms with Crippen LogP contribution in [0.3, 0.4) is 0 Å². The Morgan fingerprint density at radius 2 is 1.76 bits per heavy atom. The number of hydrogen-bond acceptors (Lipinski definition) is 7. The molecule has 13 heteroatoms. The maximum absolute atomic E-state index is 13.1. The molecule has 5 rings (SSSR count). The SMILES string of the molecule is Cc1ccc(NC(=O)c2cccc(C(F)(F)F)c2)cc1NC(=O)N(C)c1cc(NCc2ccc3c(c2)OCO3)ncn1. The number of carbonyl (C=O) groups excluding carboxylic acids is 2. The summed E-state index contributed by atoms with van der Waals surface area (Å²) < 4.78 is 49.8. The van der Waals surface area contributed by atoms with Gasteiger partial charge >= 0.3 is 12.2 Å². The summed E-state index contributed by atoms with van der Waals surface area (Å²) in [5.74, 6) is 1.45. The number of rotatable bonds is 7. The molecule has 1 aliphatic heterocycles. The number of hydrogen-bond donors (Lipinski definition) is 3. The molecule has 0 unspecified atom stereocenters. The second kappa shape index (κ2) is 11.6. The van der Waals surface area contributed by atoms with E-state index in [0.29, 0.717) is 40.9 Å². The monoisotopic (exact) mass is 578 g/mol. The third kappa shape index (κ3) is 6.52. The number of benzene rings is 3. The van der Waals surface area contributed by atoms with Gasteiger partial charge in [0.25, 0.3) is 5.91 Å². The van der Waals surface area contributed by atoms with Crippen LogP contribution in [0.4, 0.5) is 41.0 Å². The van der Waals surface area contributed by atoms with Crippen LogP contribution in [0.2, 0.25) is 0 Å². The van der Waals surface area contributed by atoms with Crippen LogP contribution in [0.15, 0.2) is 73.1 Å². The van der Waals surface area contributed by atoms with E-state index >= 15 is 0 Å². The fourth-order valence-electron chi connectivity index (χ4n) is 4.05. The van der Waals surface area contributed by atoms with E-state index in [-0.39, 0.29) is 18.0 Å². The molecular formula is C29H25F3N6O4. The highest BCUT2D eigenvalue weighted by Gasteiger charge is 2.31. The molecule has 3 aromatic carbocycles. The Hall–Kier alpha value is -5.33. The Balaban J connectivity index is 1.23. The molecule has 0 fully saturated rings. The third-order valence-electron chi connectivity index (χ3n) is 6.40. The number of aromatic nitrogens is 2. The zero-order chi connectivity index (χ0) is 29.9. The fourth-order valence-corrected chi connectivity index (χ4v) is 4.05. The molecule has 3 N–H and O–H groups in total. The number of nitrogens with zero attached hydrogens (tertiary/aromatic N) is 3. The standard InChI is InChI=1S/C29H25F3N6O4/c1-17-6-8-21(36-27(39)19-4-3-5-20(11-19)29(30,31)32)12-22(17)37-28(40)38(2)26-13-25(34-15-35-26)33-14-18-7-9-23-24(10-18)42-16-41-23/h3-13,15H,14,16H2,1-2H3,(H,36,39)(H,37,40)(H,33,34,35). The summed E-state index contributed by atoms with van der Waals surface area (Å²) >= 11 is 0. The smallest absolute Gasteiger partial charge is 0.416 e. The van der Waals surface area contributed by atoms with Gasteiger partial charge in [0, 0.05) is 36.6 Å². The summed E-state index contributed by atoms with van der Waals surface area (Å²) in [6.45, 7) is 2.40. The lowest BCUT2D eigenvalue weighted by molar-refractivity contribution is -0.137. The summed E-state index contributed by atoms with van der Waals surface area (Å²) in [6.07, 6.45) is -3.24. The number of nitrogens with one attached hydrogen (secondary N) is 3. The van der Waals surface area contributed by atoms with Crippen molar-refractivity contribution in [2.24, 2.45) is 0 Å². The average molecular weight is 579 g/mol. The van der Waals surface area contributed by atoms with Gasteiger partial charge in [0.15, 0.2) is 11.5 Å². The Labute approximate surface area is 238 Å². The largest absolute Gasteiger partial charge is 0.454 e. The highest BCUT2D eigenvalue weighted by Crippen LogP contribution is 2.33. The lowest BCUT2D eigenvalue weighted by atomic mass is 10.1. The van der Waals surface area contributed by atoms with Gasteiger partial charge in [0.05, 0.1) is 5.56 Å². The zero-order valence-corrected chi connectivity index (χ0v) is 22.5. The third-order valence-corrected chi connectivity index (χ3v) is 6.40. The maximum Gasteiger partial charge on any atom is 0.416 e. The second-order valence-electron chi connectivity index (χ2n) is 9.35. The van der Waals surface area contributed by atoms with E-state index in [9.17, 15) is 22.8 Å². The molecule has 0 bridgehead atoms. The van der Waals surface area contributed by atoms with E-state index in [2.05, 4.69) is 25.9 Å². The number of ether oxygens (including phenoxy) is 2. The lowest BCUT2D eigenvalue weighted by Gasteiger charge is -2.19. The molecule has 0 saturated carbocycles. The van der Waals surface area contributed by atoms with E-state index in [0.717, 1.165) is 17.7 Å². The van der Waals surface area contributed by atoms with Crippen molar-refractivity contribution in [3.63, 3.8) is 0 Å². The van der Waals surface area contributed by atoms with Gasteiger partial charge in [-0.2, -0.15) is 13.2 Å². The van der Waals surface area contributed by atoms with Gasteiger partial charge in [0.2, 0.25) is 6.79 Å². The molecule has 42 heavy (non-hydrogen) atoms. The molecule has 4 aromatic rings. The molecule has 0 atom stereocenters. The molecule has 1 aliphatic rings. The van der Waals surface area contributed by atoms with Crippen molar-refractivity contribution < 1.29 is 32.2 Å². The molecule has 216 valence electrons. The molecule has 2 heterocycles. The first-order valence-electron chi connectivity index (χ1n) is 12.7. The first-order valence-corrected chi connectivity index (χ1v) is 12.7. The molecule has 0 aliphatic carbocycles. The molecule has 3 amide bonds. The predicted molar refractivity (Wildman–Crippen MR) is 150 cm³/mol. The molecular weight excluding hydrogens is 553 g/mol. The first-order chi connectivity index (χ1) is 20.1. The normalized spacial score (nSPS) is 12.0. The summed E-state index contributed by atoms with van der Waals surface area (Å²) in [7, 11) is 1.54. The second-order valence-corrected chi connectivity index (χ2v) is 9.35. The van der Waals surface area contributed by atoms with Gasteiger partial charge in [0.1, 0.15) is 18.0 Å². The Morgan fingerprint density at radius 3 is 2.57 bits per heavy atom. The van der Waals surface area contributed by atoms with Crippen molar-refractivity contribution in [3.8, 4) is 11.5 Å².